The molecule has 0 aromatic rings. The summed E-state index contributed by atoms with van der Waals surface area (Å²) in [5, 5.41) is 10.5. The summed E-state index contributed by atoms with van der Waals surface area (Å²) in [5.41, 5.74) is 1.91. The Hall–Kier alpha value is -1.22. The Bertz CT molecular complexity index is 628. The number of Topliss-reactive ketones (excluding diaryl/α,β-unsaturated/α-hetero) is 1. The molecule has 0 heterocycles. The quantitative estimate of drug-likeness (QED) is 0.319. The van der Waals surface area contributed by atoms with Crippen molar-refractivity contribution in [3.63, 3.8) is 0 Å². The van der Waals surface area contributed by atoms with Gasteiger partial charge in [0.15, 0.2) is 11.6 Å². The van der Waals surface area contributed by atoms with Crippen LogP contribution >= 0.6 is 0 Å². The van der Waals surface area contributed by atoms with E-state index in [1.165, 1.54) is 63.9 Å². The fraction of sp³-hybridized carbons (Fsp3) is 0.760. The van der Waals surface area contributed by atoms with Crippen molar-refractivity contribution in [1.82, 2.24) is 0 Å². The number of carbonyl (C=O) groups is 2. The van der Waals surface area contributed by atoms with Gasteiger partial charge in [-0.3, -0.25) is 9.59 Å². The van der Waals surface area contributed by atoms with Gasteiger partial charge in [-0.15, -0.1) is 0 Å². The Kier molecular flexibility index (Phi) is 8.08. The summed E-state index contributed by atoms with van der Waals surface area (Å²) in [6.07, 6.45) is 18.3. The van der Waals surface area contributed by atoms with Crippen molar-refractivity contribution in [3.05, 3.63) is 22.8 Å². The van der Waals surface area contributed by atoms with E-state index in [0.717, 1.165) is 43.3 Å². The van der Waals surface area contributed by atoms with Gasteiger partial charge in [-0.05, 0) is 43.6 Å². The lowest BCUT2D eigenvalue weighted by molar-refractivity contribution is -0.117. The molecule has 3 atom stereocenters. The van der Waals surface area contributed by atoms with E-state index < -0.39 is 6.10 Å². The lowest BCUT2D eigenvalue weighted by Gasteiger charge is -2.24. The molecule has 0 saturated heterocycles. The average Bonchev–Trinajstić information content (AvgIpc) is 3.31. The lowest BCUT2D eigenvalue weighted by atomic mass is 9.79. The van der Waals surface area contributed by atoms with Crippen molar-refractivity contribution in [2.45, 2.75) is 109 Å². The highest BCUT2D eigenvalue weighted by atomic mass is 16.3. The van der Waals surface area contributed by atoms with Gasteiger partial charge in [-0.25, -0.2) is 0 Å². The van der Waals surface area contributed by atoms with E-state index in [-0.39, 0.29) is 17.5 Å². The molecule has 0 aromatic carbocycles. The highest BCUT2D eigenvalue weighted by Crippen LogP contribution is 2.51. The predicted molar refractivity (Wildman–Crippen MR) is 113 cm³/mol. The lowest BCUT2D eigenvalue weighted by Crippen LogP contribution is -2.29. The zero-order valence-corrected chi connectivity index (χ0v) is 17.7. The Morgan fingerprint density at radius 3 is 2.00 bits per heavy atom. The van der Waals surface area contributed by atoms with Crippen molar-refractivity contribution in [2.24, 2.45) is 11.8 Å². The van der Waals surface area contributed by atoms with Crippen molar-refractivity contribution < 1.29 is 14.7 Å². The summed E-state index contributed by atoms with van der Waals surface area (Å²) in [6, 6.07) is 0. The van der Waals surface area contributed by atoms with Crippen LogP contribution < -0.4 is 0 Å². The average molecular weight is 387 g/mol. The van der Waals surface area contributed by atoms with Gasteiger partial charge in [-0.2, -0.15) is 0 Å². The van der Waals surface area contributed by atoms with Gasteiger partial charge in [0.25, 0.3) is 0 Å². The summed E-state index contributed by atoms with van der Waals surface area (Å²) in [4.78, 5) is 25.3. The van der Waals surface area contributed by atoms with E-state index in [2.05, 4.69) is 6.92 Å². The molecule has 0 radical (unpaired) electrons. The van der Waals surface area contributed by atoms with Crippen LogP contribution in [0.25, 0.3) is 0 Å². The number of ketones is 2. The van der Waals surface area contributed by atoms with Crippen LogP contribution in [0, 0.1) is 11.8 Å². The molecule has 0 aromatic heterocycles. The van der Waals surface area contributed by atoms with Gasteiger partial charge in [0.05, 0.1) is 6.10 Å². The molecule has 3 rings (SSSR count). The predicted octanol–water partition coefficient (Wildman–Crippen LogP) is 5.85. The first kappa shape index (κ1) is 21.5. The molecule has 3 heteroatoms. The normalized spacial score (nSPS) is 24.7. The molecule has 1 saturated carbocycles. The number of rotatable bonds is 13. The molecule has 3 nitrogen and oxygen atoms in total. The van der Waals surface area contributed by atoms with E-state index in [0.29, 0.717) is 17.9 Å². The minimum absolute atomic E-state index is 0.00483. The third-order valence-electron chi connectivity index (χ3n) is 7.04. The highest BCUT2D eigenvalue weighted by Gasteiger charge is 2.47. The molecule has 156 valence electrons. The smallest absolute Gasteiger partial charge is 0.188 e. The molecule has 1 N–H and O–H groups in total. The number of carbonyl (C=O) groups excluding carboxylic acids is 2. The van der Waals surface area contributed by atoms with E-state index in [1.807, 2.05) is 0 Å². The SMILES string of the molecule is CCCCCCCCCCCCCC(O)C1=CC(=O)C2=C(C1=O)C1CCC2C1. The topological polar surface area (TPSA) is 54.4 Å². The van der Waals surface area contributed by atoms with E-state index in [4.69, 9.17) is 0 Å². The van der Waals surface area contributed by atoms with E-state index >= 15 is 0 Å². The van der Waals surface area contributed by atoms with Crippen LogP contribution in [0.3, 0.4) is 0 Å². The zero-order chi connectivity index (χ0) is 19.9. The van der Waals surface area contributed by atoms with Crippen LogP contribution in [-0.4, -0.2) is 22.8 Å². The second kappa shape index (κ2) is 10.5. The maximum absolute atomic E-state index is 12.8. The minimum atomic E-state index is -0.775. The number of hydrogen-bond donors (Lipinski definition) is 1. The third kappa shape index (κ3) is 5.03. The van der Waals surface area contributed by atoms with Crippen molar-refractivity contribution in [1.29, 1.82) is 0 Å². The first-order chi connectivity index (χ1) is 13.6. The number of aliphatic hydroxyl groups is 1. The second-order valence-corrected chi connectivity index (χ2v) is 9.17. The molecule has 3 unspecified atom stereocenters. The number of aliphatic hydroxyl groups excluding tert-OH is 1. The van der Waals surface area contributed by atoms with Crippen LogP contribution in [0.15, 0.2) is 22.8 Å². The molecule has 2 bridgehead atoms. The molecular weight excluding hydrogens is 348 g/mol. The summed E-state index contributed by atoms with van der Waals surface area (Å²) in [5.74, 6) is 0.541. The van der Waals surface area contributed by atoms with Gasteiger partial charge in [0.1, 0.15) is 0 Å². The first-order valence-electron chi connectivity index (χ1n) is 11.9. The van der Waals surface area contributed by atoms with Gasteiger partial charge in [0.2, 0.25) is 0 Å². The summed E-state index contributed by atoms with van der Waals surface area (Å²) in [7, 11) is 0. The summed E-state index contributed by atoms with van der Waals surface area (Å²) >= 11 is 0. The zero-order valence-electron chi connectivity index (χ0n) is 17.7. The second-order valence-electron chi connectivity index (χ2n) is 9.17. The Morgan fingerprint density at radius 1 is 0.857 bits per heavy atom. The maximum Gasteiger partial charge on any atom is 0.188 e. The van der Waals surface area contributed by atoms with Crippen molar-refractivity contribution in [3.8, 4) is 0 Å². The molecule has 3 aliphatic carbocycles. The largest absolute Gasteiger partial charge is 0.388 e. The molecule has 0 aliphatic heterocycles. The summed E-state index contributed by atoms with van der Waals surface area (Å²) < 4.78 is 0. The van der Waals surface area contributed by atoms with Crippen LogP contribution in [0.1, 0.15) is 103 Å². The molecule has 0 spiro atoms. The maximum atomic E-state index is 12.8. The molecular formula is C25H38O3. The molecule has 1 fully saturated rings. The number of hydrogen-bond acceptors (Lipinski definition) is 3. The Morgan fingerprint density at radius 2 is 1.39 bits per heavy atom. The first-order valence-corrected chi connectivity index (χ1v) is 11.9. The Labute approximate surface area is 170 Å². The van der Waals surface area contributed by atoms with Gasteiger partial charge >= 0.3 is 0 Å². The number of allylic oxidation sites excluding steroid dienone is 3. The third-order valence-corrected chi connectivity index (χ3v) is 7.04. The van der Waals surface area contributed by atoms with Gasteiger partial charge in [0, 0.05) is 16.7 Å². The molecule has 28 heavy (non-hydrogen) atoms. The number of fused-ring (bicyclic) bond motifs is 4. The fourth-order valence-corrected chi connectivity index (χ4v) is 5.43. The standard InChI is InChI=1S/C25H38O3/c1-2-3-4-5-6-7-8-9-10-11-12-13-21(26)20-17-22(27)23-18-14-15-19(16-18)24(23)25(20)28/h17-19,21,26H,2-16H2,1H3. The van der Waals surface area contributed by atoms with Crippen LogP contribution in [-0.2, 0) is 9.59 Å². The number of unbranched alkanes of at least 4 members (excludes halogenated alkanes) is 10. The minimum Gasteiger partial charge on any atom is -0.388 e. The molecule has 3 aliphatic rings. The highest BCUT2D eigenvalue weighted by molar-refractivity contribution is 6.24. The molecule has 0 amide bonds. The van der Waals surface area contributed by atoms with Crippen molar-refractivity contribution in [2.75, 3.05) is 0 Å². The monoisotopic (exact) mass is 386 g/mol. The van der Waals surface area contributed by atoms with E-state index in [9.17, 15) is 14.7 Å². The van der Waals surface area contributed by atoms with Crippen LogP contribution in [0.4, 0.5) is 0 Å². The van der Waals surface area contributed by atoms with Gasteiger partial charge in [-0.1, -0.05) is 77.6 Å². The van der Waals surface area contributed by atoms with Gasteiger partial charge < -0.3 is 5.11 Å². The fourth-order valence-electron chi connectivity index (χ4n) is 5.43. The Balaban J connectivity index is 1.31. The summed E-state index contributed by atoms with van der Waals surface area (Å²) in [6.45, 7) is 2.25. The van der Waals surface area contributed by atoms with Crippen LogP contribution in [0.5, 0.6) is 0 Å². The van der Waals surface area contributed by atoms with E-state index in [1.54, 1.807) is 0 Å². The van der Waals surface area contributed by atoms with Crippen LogP contribution in [0.2, 0.25) is 0 Å². The van der Waals surface area contributed by atoms with Crippen molar-refractivity contribution >= 4 is 11.6 Å².